The summed E-state index contributed by atoms with van der Waals surface area (Å²) < 4.78 is 5.85. The Morgan fingerprint density at radius 1 is 1.48 bits per heavy atom. The summed E-state index contributed by atoms with van der Waals surface area (Å²) in [5.41, 5.74) is 8.98. The van der Waals surface area contributed by atoms with Crippen LogP contribution in [0.1, 0.15) is 22.4 Å². The van der Waals surface area contributed by atoms with Gasteiger partial charge in [-0.15, -0.1) is 23.7 Å². The molecule has 4 nitrogen and oxygen atoms in total. The molecule has 1 aliphatic heterocycles. The van der Waals surface area contributed by atoms with Crippen molar-refractivity contribution in [1.82, 2.24) is 9.88 Å². The normalized spacial score (nSPS) is 19.2. The number of nitrogen functional groups attached to an aromatic ring is 1. The van der Waals surface area contributed by atoms with E-state index in [1.54, 1.807) is 11.3 Å². The molecule has 0 amide bonds. The second-order valence-electron chi connectivity index (χ2n) is 5.17. The molecule has 1 aliphatic rings. The third-order valence-electron chi connectivity index (χ3n) is 3.42. The lowest BCUT2D eigenvalue weighted by Gasteiger charge is -2.32. The predicted molar refractivity (Wildman–Crippen MR) is 88.9 cm³/mol. The topological polar surface area (TPSA) is 51.4 Å². The molecule has 1 aromatic carbocycles. The standard InChI is InChI=1S/C15H19N3OS.ClH/c1-11-10-20-15(17-11)14-9-18(5-6-19-14)8-12-3-2-4-13(16)7-12;/h2-4,7,10,14H,5-6,8-9,16H2,1H3;1H. The summed E-state index contributed by atoms with van der Waals surface area (Å²) in [4.78, 5) is 6.94. The first-order valence-electron chi connectivity index (χ1n) is 6.81. The number of morpholine rings is 1. The number of nitrogens with two attached hydrogens (primary N) is 1. The van der Waals surface area contributed by atoms with Gasteiger partial charge in [0.05, 0.1) is 6.61 Å². The molecule has 2 aromatic rings. The SMILES string of the molecule is Cc1csc(C2CN(Cc3cccc(N)c3)CCO2)n1.Cl. The number of rotatable bonds is 3. The minimum absolute atomic E-state index is 0. The van der Waals surface area contributed by atoms with E-state index in [0.717, 1.165) is 42.6 Å². The van der Waals surface area contributed by atoms with E-state index in [4.69, 9.17) is 10.5 Å². The number of aromatic nitrogens is 1. The van der Waals surface area contributed by atoms with Crippen LogP contribution in [0.15, 0.2) is 29.6 Å². The van der Waals surface area contributed by atoms with E-state index >= 15 is 0 Å². The van der Waals surface area contributed by atoms with Crippen LogP contribution in [0.3, 0.4) is 0 Å². The van der Waals surface area contributed by atoms with E-state index in [-0.39, 0.29) is 18.5 Å². The van der Waals surface area contributed by atoms with Gasteiger partial charge in [0.25, 0.3) is 0 Å². The fourth-order valence-corrected chi connectivity index (χ4v) is 3.30. The van der Waals surface area contributed by atoms with E-state index in [1.165, 1.54) is 5.56 Å². The predicted octanol–water partition coefficient (Wildman–Crippen LogP) is 3.03. The molecular weight excluding hydrogens is 306 g/mol. The number of aryl methyl sites for hydroxylation is 1. The van der Waals surface area contributed by atoms with Crippen molar-refractivity contribution in [2.45, 2.75) is 19.6 Å². The van der Waals surface area contributed by atoms with Gasteiger partial charge in [0.15, 0.2) is 0 Å². The van der Waals surface area contributed by atoms with Crippen molar-refractivity contribution < 1.29 is 4.74 Å². The summed E-state index contributed by atoms with van der Waals surface area (Å²) in [6.07, 6.45) is 0.100. The van der Waals surface area contributed by atoms with Gasteiger partial charge in [0, 0.05) is 36.4 Å². The molecule has 2 N–H and O–H groups in total. The van der Waals surface area contributed by atoms with Gasteiger partial charge in [-0.2, -0.15) is 0 Å². The molecule has 114 valence electrons. The summed E-state index contributed by atoms with van der Waals surface area (Å²) in [5.74, 6) is 0. The number of nitrogens with zero attached hydrogens (tertiary/aromatic N) is 2. The number of anilines is 1. The zero-order valence-corrected chi connectivity index (χ0v) is 13.6. The Kier molecular flexibility index (Phi) is 5.58. The van der Waals surface area contributed by atoms with Crippen molar-refractivity contribution in [3.8, 4) is 0 Å². The van der Waals surface area contributed by atoms with Crippen LogP contribution in [-0.2, 0) is 11.3 Å². The molecule has 1 aromatic heterocycles. The van der Waals surface area contributed by atoms with Gasteiger partial charge in [-0.3, -0.25) is 4.90 Å². The lowest BCUT2D eigenvalue weighted by molar-refractivity contribution is -0.0330. The first-order chi connectivity index (χ1) is 9.70. The second-order valence-corrected chi connectivity index (χ2v) is 6.06. The fourth-order valence-electron chi connectivity index (χ4n) is 2.47. The number of hydrogen-bond donors (Lipinski definition) is 1. The number of hydrogen-bond acceptors (Lipinski definition) is 5. The average Bonchev–Trinajstić information content (AvgIpc) is 2.86. The molecule has 0 radical (unpaired) electrons. The smallest absolute Gasteiger partial charge is 0.123 e. The lowest BCUT2D eigenvalue weighted by Crippen LogP contribution is -2.37. The molecule has 1 unspecified atom stereocenters. The van der Waals surface area contributed by atoms with Crippen LogP contribution in [-0.4, -0.2) is 29.6 Å². The highest BCUT2D eigenvalue weighted by Gasteiger charge is 2.24. The number of benzene rings is 1. The molecule has 0 bridgehead atoms. The zero-order valence-electron chi connectivity index (χ0n) is 12.0. The second kappa shape index (κ2) is 7.22. The van der Waals surface area contributed by atoms with Gasteiger partial charge in [-0.25, -0.2) is 4.98 Å². The maximum Gasteiger partial charge on any atom is 0.123 e. The minimum atomic E-state index is 0. The van der Waals surface area contributed by atoms with Crippen LogP contribution in [0.25, 0.3) is 0 Å². The summed E-state index contributed by atoms with van der Waals surface area (Å²) >= 11 is 1.68. The molecule has 21 heavy (non-hydrogen) atoms. The van der Waals surface area contributed by atoms with Crippen LogP contribution >= 0.6 is 23.7 Å². The van der Waals surface area contributed by atoms with Crippen LogP contribution in [0.2, 0.25) is 0 Å². The van der Waals surface area contributed by atoms with Crippen molar-refractivity contribution in [2.24, 2.45) is 0 Å². The highest BCUT2D eigenvalue weighted by molar-refractivity contribution is 7.09. The minimum Gasteiger partial charge on any atom is -0.399 e. The number of thiazole rings is 1. The Labute approximate surface area is 135 Å². The van der Waals surface area contributed by atoms with Crippen LogP contribution in [0.4, 0.5) is 5.69 Å². The van der Waals surface area contributed by atoms with Gasteiger partial charge in [-0.05, 0) is 24.6 Å². The Balaban J connectivity index is 0.00000161. The quantitative estimate of drug-likeness (QED) is 0.881. The summed E-state index contributed by atoms with van der Waals surface area (Å²) in [5, 5.41) is 3.16. The molecule has 1 fully saturated rings. The van der Waals surface area contributed by atoms with Gasteiger partial charge < -0.3 is 10.5 Å². The highest BCUT2D eigenvalue weighted by Crippen LogP contribution is 2.26. The highest BCUT2D eigenvalue weighted by atomic mass is 35.5. The monoisotopic (exact) mass is 325 g/mol. The summed E-state index contributed by atoms with van der Waals surface area (Å²) in [6.45, 7) is 5.53. The first-order valence-corrected chi connectivity index (χ1v) is 7.69. The van der Waals surface area contributed by atoms with E-state index in [2.05, 4.69) is 21.3 Å². The Hall–Kier alpha value is -1.14. The van der Waals surface area contributed by atoms with Gasteiger partial charge in [-0.1, -0.05) is 12.1 Å². The maximum atomic E-state index is 5.85. The van der Waals surface area contributed by atoms with Gasteiger partial charge in [0.1, 0.15) is 11.1 Å². The van der Waals surface area contributed by atoms with Crippen LogP contribution in [0, 0.1) is 6.92 Å². The van der Waals surface area contributed by atoms with Crippen molar-refractivity contribution in [3.05, 3.63) is 45.9 Å². The molecule has 1 saturated heterocycles. The largest absolute Gasteiger partial charge is 0.399 e. The van der Waals surface area contributed by atoms with Crippen molar-refractivity contribution >= 4 is 29.4 Å². The maximum absolute atomic E-state index is 5.85. The van der Waals surface area contributed by atoms with Crippen LogP contribution in [0.5, 0.6) is 0 Å². The molecule has 0 spiro atoms. The van der Waals surface area contributed by atoms with Crippen molar-refractivity contribution in [2.75, 3.05) is 25.4 Å². The summed E-state index contributed by atoms with van der Waals surface area (Å²) in [6, 6.07) is 8.09. The lowest BCUT2D eigenvalue weighted by atomic mass is 10.1. The van der Waals surface area contributed by atoms with Crippen molar-refractivity contribution in [3.63, 3.8) is 0 Å². The number of halogens is 1. The van der Waals surface area contributed by atoms with Crippen LogP contribution < -0.4 is 5.73 Å². The van der Waals surface area contributed by atoms with Gasteiger partial charge in [0.2, 0.25) is 0 Å². The molecule has 3 rings (SSSR count). The Bertz CT molecular complexity index is 590. The molecule has 0 saturated carbocycles. The molecule has 0 aliphatic carbocycles. The summed E-state index contributed by atoms with van der Waals surface area (Å²) in [7, 11) is 0. The van der Waals surface area contributed by atoms with Gasteiger partial charge >= 0.3 is 0 Å². The Morgan fingerprint density at radius 2 is 2.33 bits per heavy atom. The molecule has 2 heterocycles. The third-order valence-corrected chi connectivity index (χ3v) is 4.47. The molecular formula is C15H20ClN3OS. The molecule has 6 heteroatoms. The first kappa shape index (κ1) is 16.2. The van der Waals surface area contributed by atoms with Crippen molar-refractivity contribution in [1.29, 1.82) is 0 Å². The number of ether oxygens (including phenoxy) is 1. The third kappa shape index (κ3) is 4.17. The van der Waals surface area contributed by atoms with E-state index < -0.39 is 0 Å². The van der Waals surface area contributed by atoms with E-state index in [1.807, 2.05) is 25.1 Å². The van der Waals surface area contributed by atoms with E-state index in [9.17, 15) is 0 Å². The molecule has 1 atom stereocenters. The average molecular weight is 326 g/mol. The zero-order chi connectivity index (χ0) is 13.9. The van der Waals surface area contributed by atoms with E-state index in [0.29, 0.717) is 0 Å². The Morgan fingerprint density at radius 3 is 3.05 bits per heavy atom. The fraction of sp³-hybridized carbons (Fsp3) is 0.400.